The number of aromatic nitrogens is 2. The van der Waals surface area contributed by atoms with Crippen molar-refractivity contribution >= 4 is 5.52 Å². The van der Waals surface area contributed by atoms with E-state index in [0.29, 0.717) is 35.8 Å². The maximum Gasteiger partial charge on any atom is 0.418 e. The summed E-state index contributed by atoms with van der Waals surface area (Å²) < 4.78 is 45.7. The normalized spacial score (nSPS) is 28.5. The SMILES string of the molecule is CC(C)C[C@@H](C1CCCC(n2cc3c(C(F)(F)F)cc(CN4CCC[C@H](C)C4)cn3c2=O)C1)C1NNCN1C. The number of halogens is 3. The van der Waals surface area contributed by atoms with Crippen LogP contribution in [0.3, 0.4) is 0 Å². The van der Waals surface area contributed by atoms with Gasteiger partial charge in [-0.2, -0.15) is 13.2 Å². The summed E-state index contributed by atoms with van der Waals surface area (Å²) in [6.07, 6.45) is 5.72. The Balaban J connectivity index is 1.45. The summed E-state index contributed by atoms with van der Waals surface area (Å²) in [5.41, 5.74) is 6.13. The summed E-state index contributed by atoms with van der Waals surface area (Å²) in [5, 5.41) is 0. The third-order valence-electron chi connectivity index (χ3n) is 9.19. The molecule has 218 valence electrons. The number of hydrogen-bond acceptors (Lipinski definition) is 5. The first-order valence-electron chi connectivity index (χ1n) is 14.8. The van der Waals surface area contributed by atoms with Gasteiger partial charge in [0.25, 0.3) is 0 Å². The Morgan fingerprint density at radius 1 is 1.13 bits per heavy atom. The van der Waals surface area contributed by atoms with Crippen molar-refractivity contribution in [1.29, 1.82) is 0 Å². The molecule has 2 aromatic rings. The summed E-state index contributed by atoms with van der Waals surface area (Å²) in [7, 11) is 2.11. The second kappa shape index (κ2) is 11.5. The van der Waals surface area contributed by atoms with E-state index in [1.165, 1.54) is 16.7 Å². The first-order valence-corrected chi connectivity index (χ1v) is 14.8. The standard InChI is InChI=1S/C29H45F3N6O/c1-19(2)11-24(27-34-33-18-35(27)4)22-8-5-9-23(13-22)37-17-26-25(29(30,31)32)12-21(16-38(26)28(37)39)15-36-10-6-7-20(3)14-36/h12,16-17,19-20,22-24,27,33-34H,5-11,13-15,18H2,1-4H3/t20-,22?,23?,24-,27?/m0/s1. The molecule has 5 atom stereocenters. The van der Waals surface area contributed by atoms with Crippen LogP contribution in [0.5, 0.6) is 0 Å². The van der Waals surface area contributed by atoms with E-state index in [2.05, 4.69) is 48.5 Å². The number of alkyl halides is 3. The van der Waals surface area contributed by atoms with Gasteiger partial charge >= 0.3 is 11.9 Å². The predicted molar refractivity (Wildman–Crippen MR) is 147 cm³/mol. The zero-order valence-corrected chi connectivity index (χ0v) is 23.8. The van der Waals surface area contributed by atoms with Gasteiger partial charge in [-0.3, -0.25) is 18.8 Å². The molecule has 3 unspecified atom stereocenters. The second-order valence-electron chi connectivity index (χ2n) is 12.9. The number of rotatable bonds is 7. The summed E-state index contributed by atoms with van der Waals surface area (Å²) >= 11 is 0. The number of hydrazine groups is 1. The smallest absolute Gasteiger partial charge is 0.299 e. The lowest BCUT2D eigenvalue weighted by atomic mass is 9.73. The van der Waals surface area contributed by atoms with Gasteiger partial charge in [-0.1, -0.05) is 27.2 Å². The van der Waals surface area contributed by atoms with Gasteiger partial charge in [0.2, 0.25) is 0 Å². The largest absolute Gasteiger partial charge is 0.418 e. The summed E-state index contributed by atoms with van der Waals surface area (Å²) in [6, 6.07) is 1.16. The van der Waals surface area contributed by atoms with Crippen LogP contribution in [0.15, 0.2) is 23.3 Å². The van der Waals surface area contributed by atoms with Crippen LogP contribution in [0.2, 0.25) is 0 Å². The Morgan fingerprint density at radius 2 is 1.92 bits per heavy atom. The van der Waals surface area contributed by atoms with Crippen molar-refractivity contribution in [3.63, 3.8) is 0 Å². The van der Waals surface area contributed by atoms with Crippen LogP contribution in [0.1, 0.15) is 82.9 Å². The molecule has 0 spiro atoms. The van der Waals surface area contributed by atoms with E-state index < -0.39 is 11.7 Å². The third-order valence-corrected chi connectivity index (χ3v) is 9.19. The molecule has 2 aliphatic heterocycles. The van der Waals surface area contributed by atoms with Crippen molar-refractivity contribution in [2.75, 3.05) is 26.8 Å². The number of imidazole rings is 1. The number of fused-ring (bicyclic) bond motifs is 1. The van der Waals surface area contributed by atoms with E-state index in [4.69, 9.17) is 0 Å². The molecule has 3 fully saturated rings. The molecular formula is C29H45F3N6O. The highest BCUT2D eigenvalue weighted by atomic mass is 19.4. The van der Waals surface area contributed by atoms with Crippen LogP contribution in [0.25, 0.3) is 5.52 Å². The van der Waals surface area contributed by atoms with Gasteiger partial charge in [0.1, 0.15) is 0 Å². The molecule has 0 radical (unpaired) electrons. The lowest BCUT2D eigenvalue weighted by molar-refractivity contribution is -0.136. The summed E-state index contributed by atoms with van der Waals surface area (Å²) in [6.45, 7) is 9.61. The highest BCUT2D eigenvalue weighted by Gasteiger charge is 2.39. The van der Waals surface area contributed by atoms with Crippen LogP contribution in [-0.2, 0) is 12.7 Å². The molecule has 10 heteroatoms. The highest BCUT2D eigenvalue weighted by Crippen LogP contribution is 2.41. The minimum atomic E-state index is -4.53. The third kappa shape index (κ3) is 6.24. The van der Waals surface area contributed by atoms with Gasteiger partial charge in [-0.05, 0) is 87.4 Å². The Bertz CT molecular complexity index is 1190. The van der Waals surface area contributed by atoms with Crippen molar-refractivity contribution in [3.8, 4) is 0 Å². The molecule has 1 aliphatic carbocycles. The molecule has 2 saturated heterocycles. The lowest BCUT2D eigenvalue weighted by Gasteiger charge is -2.40. The predicted octanol–water partition coefficient (Wildman–Crippen LogP) is 5.07. The number of pyridine rings is 1. The molecule has 0 aromatic carbocycles. The maximum absolute atomic E-state index is 14.3. The van der Waals surface area contributed by atoms with Crippen LogP contribution in [-0.4, -0.2) is 51.7 Å². The molecule has 3 aliphatic rings. The second-order valence-corrected chi connectivity index (χ2v) is 12.9. The van der Waals surface area contributed by atoms with Gasteiger partial charge in [0.05, 0.1) is 23.9 Å². The first kappa shape index (κ1) is 28.6. The van der Waals surface area contributed by atoms with Gasteiger partial charge in [-0.25, -0.2) is 15.6 Å². The number of likely N-dealkylation sites (tertiary alicyclic amines) is 1. The molecule has 0 amide bonds. The van der Waals surface area contributed by atoms with E-state index in [0.717, 1.165) is 64.7 Å². The molecule has 1 saturated carbocycles. The minimum absolute atomic E-state index is 0.0366. The monoisotopic (exact) mass is 550 g/mol. The van der Waals surface area contributed by atoms with Crippen molar-refractivity contribution in [1.82, 2.24) is 29.6 Å². The minimum Gasteiger partial charge on any atom is -0.299 e. The quantitative estimate of drug-likeness (QED) is 0.504. The van der Waals surface area contributed by atoms with Gasteiger partial charge in [0, 0.05) is 31.5 Å². The van der Waals surface area contributed by atoms with Crippen LogP contribution >= 0.6 is 0 Å². The topological polar surface area (TPSA) is 57.0 Å². The average molecular weight is 551 g/mol. The number of nitrogens with zero attached hydrogens (tertiary/aromatic N) is 4. The zero-order chi connectivity index (χ0) is 27.9. The molecule has 39 heavy (non-hydrogen) atoms. The highest BCUT2D eigenvalue weighted by molar-refractivity contribution is 5.56. The van der Waals surface area contributed by atoms with Crippen LogP contribution in [0, 0.1) is 23.7 Å². The number of nitrogens with one attached hydrogen (secondary N) is 2. The van der Waals surface area contributed by atoms with Crippen molar-refractivity contribution in [2.24, 2.45) is 23.7 Å². The molecule has 5 rings (SSSR count). The Morgan fingerprint density at radius 3 is 2.59 bits per heavy atom. The van der Waals surface area contributed by atoms with E-state index in [1.54, 1.807) is 10.8 Å². The van der Waals surface area contributed by atoms with Crippen molar-refractivity contribution < 1.29 is 13.2 Å². The zero-order valence-electron chi connectivity index (χ0n) is 23.8. The maximum atomic E-state index is 14.3. The van der Waals surface area contributed by atoms with Crippen LogP contribution < -0.4 is 16.5 Å². The fourth-order valence-corrected chi connectivity index (χ4v) is 7.41. The molecule has 2 aromatic heterocycles. The summed E-state index contributed by atoms with van der Waals surface area (Å²) in [5.74, 6) is 1.84. The van der Waals surface area contributed by atoms with Crippen molar-refractivity contribution in [3.05, 3.63) is 40.1 Å². The number of piperidine rings is 1. The van der Waals surface area contributed by atoms with Gasteiger partial charge < -0.3 is 0 Å². The summed E-state index contributed by atoms with van der Waals surface area (Å²) in [4.78, 5) is 18.2. The van der Waals surface area contributed by atoms with E-state index >= 15 is 0 Å². The number of hydrogen-bond donors (Lipinski definition) is 2. The molecule has 2 N–H and O–H groups in total. The Hall–Kier alpha value is -1.88. The average Bonchev–Trinajstić information content (AvgIpc) is 3.44. The molecule has 7 nitrogen and oxygen atoms in total. The Kier molecular flexibility index (Phi) is 8.48. The molecular weight excluding hydrogens is 505 g/mol. The van der Waals surface area contributed by atoms with Crippen LogP contribution in [0.4, 0.5) is 13.2 Å². The van der Waals surface area contributed by atoms with E-state index in [9.17, 15) is 18.0 Å². The Labute approximate surface area is 229 Å². The molecule has 4 heterocycles. The lowest BCUT2D eigenvalue weighted by Crippen LogP contribution is -2.46. The van der Waals surface area contributed by atoms with Crippen molar-refractivity contribution in [2.45, 2.75) is 90.6 Å². The van der Waals surface area contributed by atoms with E-state index in [1.807, 2.05) is 0 Å². The van der Waals surface area contributed by atoms with Gasteiger partial charge in [-0.15, -0.1) is 0 Å². The van der Waals surface area contributed by atoms with Gasteiger partial charge in [0.15, 0.2) is 0 Å². The first-order chi connectivity index (χ1) is 18.5. The fraction of sp³-hybridized carbons (Fsp3) is 0.759. The molecule has 0 bridgehead atoms. The fourth-order valence-electron chi connectivity index (χ4n) is 7.41. The van der Waals surface area contributed by atoms with E-state index in [-0.39, 0.29) is 23.4 Å².